The lowest BCUT2D eigenvalue weighted by Crippen LogP contribution is -2.33. The topological polar surface area (TPSA) is 92.9 Å². The lowest BCUT2D eigenvalue weighted by molar-refractivity contribution is -0.142. The maximum Gasteiger partial charge on any atom is 0.308 e. The number of carboxylic acid groups (broad SMARTS) is 1. The van der Waals surface area contributed by atoms with E-state index in [1.54, 1.807) is 13.0 Å². The van der Waals surface area contributed by atoms with Crippen molar-refractivity contribution in [2.24, 2.45) is 11.8 Å². The molecular weight excluding hydrogens is 252 g/mol. The van der Waals surface area contributed by atoms with Gasteiger partial charge in [-0.3, -0.25) is 9.59 Å². The summed E-state index contributed by atoms with van der Waals surface area (Å²) in [7, 11) is 0. The Hall–Kier alpha value is -2.05. The summed E-state index contributed by atoms with van der Waals surface area (Å²) in [5.74, 6) is -0.794. The first-order chi connectivity index (χ1) is 8.97. The van der Waals surface area contributed by atoms with E-state index in [2.05, 4.69) is 5.16 Å². The van der Waals surface area contributed by atoms with E-state index in [9.17, 15) is 9.59 Å². The molecule has 1 aliphatic heterocycles. The Labute approximate surface area is 110 Å². The highest BCUT2D eigenvalue weighted by molar-refractivity contribution is 5.80. The van der Waals surface area contributed by atoms with Crippen LogP contribution < -0.4 is 4.74 Å². The van der Waals surface area contributed by atoms with Crippen molar-refractivity contribution in [2.45, 2.75) is 13.8 Å². The minimum Gasteiger partial charge on any atom is -0.481 e. The largest absolute Gasteiger partial charge is 0.481 e. The summed E-state index contributed by atoms with van der Waals surface area (Å²) in [5.41, 5.74) is 0. The average molecular weight is 268 g/mol. The van der Waals surface area contributed by atoms with Crippen LogP contribution >= 0.6 is 0 Å². The number of amides is 1. The number of rotatable bonds is 4. The maximum absolute atomic E-state index is 11.9. The van der Waals surface area contributed by atoms with Gasteiger partial charge < -0.3 is 19.3 Å². The van der Waals surface area contributed by atoms with Crippen LogP contribution in [-0.4, -0.2) is 46.7 Å². The van der Waals surface area contributed by atoms with Crippen molar-refractivity contribution < 1.29 is 24.0 Å². The number of aryl methyl sites for hydroxylation is 1. The van der Waals surface area contributed by atoms with E-state index in [1.807, 2.05) is 6.92 Å². The number of likely N-dealkylation sites (tertiary alicyclic amines) is 1. The Balaban J connectivity index is 1.86. The molecule has 0 spiro atoms. The second-order valence-corrected chi connectivity index (χ2v) is 4.79. The van der Waals surface area contributed by atoms with Crippen LogP contribution in [0.3, 0.4) is 0 Å². The van der Waals surface area contributed by atoms with E-state index in [0.717, 1.165) is 0 Å². The highest BCUT2D eigenvalue weighted by Crippen LogP contribution is 2.23. The van der Waals surface area contributed by atoms with Crippen molar-refractivity contribution in [3.8, 4) is 5.88 Å². The third-order valence-electron chi connectivity index (χ3n) is 3.23. The molecule has 104 valence electrons. The molecule has 1 saturated heterocycles. The van der Waals surface area contributed by atoms with E-state index in [1.165, 1.54) is 4.90 Å². The summed E-state index contributed by atoms with van der Waals surface area (Å²) in [5, 5.41) is 12.6. The van der Waals surface area contributed by atoms with Crippen molar-refractivity contribution in [2.75, 3.05) is 19.7 Å². The number of ether oxygens (including phenoxy) is 1. The van der Waals surface area contributed by atoms with E-state index >= 15 is 0 Å². The van der Waals surface area contributed by atoms with Gasteiger partial charge >= 0.3 is 5.97 Å². The van der Waals surface area contributed by atoms with Gasteiger partial charge in [0.05, 0.1) is 5.92 Å². The second kappa shape index (κ2) is 5.29. The van der Waals surface area contributed by atoms with Crippen molar-refractivity contribution in [3.63, 3.8) is 0 Å². The third kappa shape index (κ3) is 3.04. The van der Waals surface area contributed by atoms with Gasteiger partial charge in [0.25, 0.3) is 11.8 Å². The summed E-state index contributed by atoms with van der Waals surface area (Å²) >= 11 is 0. The molecule has 0 bridgehead atoms. The number of aromatic nitrogens is 1. The van der Waals surface area contributed by atoms with Crippen LogP contribution in [0.15, 0.2) is 10.6 Å². The summed E-state index contributed by atoms with van der Waals surface area (Å²) in [4.78, 5) is 24.4. The standard InChI is InChI=1S/C12H16N2O5/c1-7-4-14(5-9(7)12(16)17)11(15)6-18-10-3-8(2)19-13-10/h3,7,9H,4-6H2,1-2H3,(H,16,17)/t7-,9-/m1/s1. The van der Waals surface area contributed by atoms with Gasteiger partial charge in [-0.05, 0) is 18.0 Å². The highest BCUT2D eigenvalue weighted by atomic mass is 16.5. The van der Waals surface area contributed by atoms with Crippen LogP contribution in [0.4, 0.5) is 0 Å². The molecule has 1 aromatic heterocycles. The zero-order chi connectivity index (χ0) is 14.0. The Morgan fingerprint density at radius 2 is 2.32 bits per heavy atom. The SMILES string of the molecule is Cc1cc(OCC(=O)N2C[C@@H](C)[C@H](C(=O)O)C2)no1. The lowest BCUT2D eigenvalue weighted by Gasteiger charge is -2.15. The molecule has 2 atom stereocenters. The van der Waals surface area contributed by atoms with Crippen molar-refractivity contribution in [1.29, 1.82) is 0 Å². The predicted molar refractivity (Wildman–Crippen MR) is 63.6 cm³/mol. The van der Waals surface area contributed by atoms with Crippen LogP contribution in [0.1, 0.15) is 12.7 Å². The average Bonchev–Trinajstić information content (AvgIpc) is 2.92. The molecule has 1 aromatic rings. The molecule has 1 N–H and O–H groups in total. The number of nitrogens with zero attached hydrogens (tertiary/aromatic N) is 2. The molecule has 7 nitrogen and oxygen atoms in total. The van der Waals surface area contributed by atoms with Gasteiger partial charge in [-0.2, -0.15) is 0 Å². The third-order valence-corrected chi connectivity index (χ3v) is 3.23. The summed E-state index contributed by atoms with van der Waals surface area (Å²) in [6.07, 6.45) is 0. The number of carbonyl (C=O) groups is 2. The van der Waals surface area contributed by atoms with Crippen LogP contribution in [0, 0.1) is 18.8 Å². The lowest BCUT2D eigenvalue weighted by atomic mass is 9.99. The minimum absolute atomic E-state index is 0.0456. The molecule has 1 fully saturated rings. The molecule has 7 heteroatoms. The maximum atomic E-state index is 11.9. The zero-order valence-electron chi connectivity index (χ0n) is 10.8. The number of carbonyl (C=O) groups excluding carboxylic acids is 1. The van der Waals surface area contributed by atoms with Gasteiger partial charge in [0.15, 0.2) is 6.61 Å². The molecular formula is C12H16N2O5. The Kier molecular flexibility index (Phi) is 3.73. The number of hydrogen-bond acceptors (Lipinski definition) is 5. The molecule has 19 heavy (non-hydrogen) atoms. The fourth-order valence-electron chi connectivity index (χ4n) is 2.13. The number of hydrogen-bond donors (Lipinski definition) is 1. The molecule has 1 aliphatic rings. The van der Waals surface area contributed by atoms with E-state index in [4.69, 9.17) is 14.4 Å². The summed E-state index contributed by atoms with van der Waals surface area (Å²) in [6, 6.07) is 1.58. The Morgan fingerprint density at radius 1 is 1.58 bits per heavy atom. The van der Waals surface area contributed by atoms with Gasteiger partial charge in [0.2, 0.25) is 0 Å². The van der Waals surface area contributed by atoms with Gasteiger partial charge in [-0.1, -0.05) is 6.92 Å². The van der Waals surface area contributed by atoms with Crippen LogP contribution in [0.5, 0.6) is 5.88 Å². The zero-order valence-corrected chi connectivity index (χ0v) is 10.8. The van der Waals surface area contributed by atoms with Gasteiger partial charge in [-0.25, -0.2) is 0 Å². The first-order valence-electron chi connectivity index (χ1n) is 6.04. The molecule has 2 heterocycles. The molecule has 0 unspecified atom stereocenters. The Morgan fingerprint density at radius 3 is 2.84 bits per heavy atom. The molecule has 0 aliphatic carbocycles. The molecule has 0 aromatic carbocycles. The normalized spacial score (nSPS) is 22.5. The second-order valence-electron chi connectivity index (χ2n) is 4.79. The minimum atomic E-state index is -0.865. The van der Waals surface area contributed by atoms with E-state index < -0.39 is 11.9 Å². The van der Waals surface area contributed by atoms with Crippen LogP contribution in [0.2, 0.25) is 0 Å². The van der Waals surface area contributed by atoms with Crippen molar-refractivity contribution >= 4 is 11.9 Å². The molecule has 0 saturated carbocycles. The van der Waals surface area contributed by atoms with Gasteiger partial charge in [0, 0.05) is 19.2 Å². The number of aliphatic carboxylic acids is 1. The fourth-order valence-corrected chi connectivity index (χ4v) is 2.13. The van der Waals surface area contributed by atoms with Gasteiger partial charge in [0.1, 0.15) is 5.76 Å². The van der Waals surface area contributed by atoms with E-state index in [0.29, 0.717) is 12.3 Å². The first kappa shape index (κ1) is 13.4. The highest BCUT2D eigenvalue weighted by Gasteiger charge is 2.36. The summed E-state index contributed by atoms with van der Waals surface area (Å²) in [6.45, 7) is 4.06. The van der Waals surface area contributed by atoms with E-state index in [-0.39, 0.29) is 30.9 Å². The quantitative estimate of drug-likeness (QED) is 0.856. The van der Waals surface area contributed by atoms with Crippen LogP contribution in [-0.2, 0) is 9.59 Å². The van der Waals surface area contributed by atoms with Gasteiger partial charge in [-0.15, -0.1) is 0 Å². The predicted octanol–water partition coefficient (Wildman–Crippen LogP) is 0.541. The van der Waals surface area contributed by atoms with Crippen LogP contribution in [0.25, 0.3) is 0 Å². The first-order valence-corrected chi connectivity index (χ1v) is 6.04. The summed E-state index contributed by atoms with van der Waals surface area (Å²) < 4.78 is 10.00. The molecule has 2 rings (SSSR count). The number of carboxylic acids is 1. The van der Waals surface area contributed by atoms with Crippen molar-refractivity contribution in [1.82, 2.24) is 10.1 Å². The molecule has 1 amide bonds. The monoisotopic (exact) mass is 268 g/mol. The van der Waals surface area contributed by atoms with Crippen molar-refractivity contribution in [3.05, 3.63) is 11.8 Å². The Bertz CT molecular complexity index is 484. The molecule has 0 radical (unpaired) electrons. The smallest absolute Gasteiger partial charge is 0.308 e. The fraction of sp³-hybridized carbons (Fsp3) is 0.583.